The zero-order valence-electron chi connectivity index (χ0n) is 16.0. The zero-order chi connectivity index (χ0) is 19.5. The minimum atomic E-state index is -0.311. The quantitative estimate of drug-likeness (QED) is 0.680. The Labute approximate surface area is 167 Å². The molecule has 6 nitrogen and oxygen atoms in total. The molecule has 1 atom stereocenters. The van der Waals surface area contributed by atoms with Gasteiger partial charge >= 0.3 is 0 Å². The van der Waals surface area contributed by atoms with Crippen LogP contribution in [0.5, 0.6) is 0 Å². The summed E-state index contributed by atoms with van der Waals surface area (Å²) in [7, 11) is 0. The predicted molar refractivity (Wildman–Crippen MR) is 108 cm³/mol. The summed E-state index contributed by atoms with van der Waals surface area (Å²) in [5.41, 5.74) is 2.77. The first-order valence-electron chi connectivity index (χ1n) is 9.46. The molecule has 1 aliphatic rings. The van der Waals surface area contributed by atoms with Crippen LogP contribution in [0.25, 0.3) is 0 Å². The van der Waals surface area contributed by atoms with E-state index in [1.807, 2.05) is 25.3 Å². The summed E-state index contributed by atoms with van der Waals surface area (Å²) >= 11 is 1.56. The topological polar surface area (TPSA) is 66.8 Å². The summed E-state index contributed by atoms with van der Waals surface area (Å²) in [6.07, 6.45) is 4.55. The van der Waals surface area contributed by atoms with E-state index in [1.165, 1.54) is 12.3 Å². The van der Waals surface area contributed by atoms with Crippen LogP contribution in [-0.2, 0) is 6.54 Å². The number of hydrogen-bond acceptors (Lipinski definition) is 7. The number of aryl methyl sites for hydroxylation is 2. The van der Waals surface area contributed by atoms with E-state index >= 15 is 0 Å². The van der Waals surface area contributed by atoms with Crippen molar-refractivity contribution in [3.05, 3.63) is 58.5 Å². The van der Waals surface area contributed by atoms with Crippen molar-refractivity contribution < 1.29 is 4.39 Å². The van der Waals surface area contributed by atoms with Crippen LogP contribution in [-0.4, -0.2) is 31.4 Å². The van der Waals surface area contributed by atoms with Crippen molar-refractivity contribution in [1.82, 2.24) is 24.8 Å². The summed E-state index contributed by atoms with van der Waals surface area (Å²) in [6, 6.07) is 5.27. The Hall–Kier alpha value is -2.45. The van der Waals surface area contributed by atoms with Gasteiger partial charge in [0.05, 0.1) is 23.6 Å². The van der Waals surface area contributed by atoms with Gasteiger partial charge in [-0.1, -0.05) is 6.42 Å². The van der Waals surface area contributed by atoms with E-state index in [0.29, 0.717) is 6.54 Å². The number of hydrogen-bond donors (Lipinski definition) is 1. The van der Waals surface area contributed by atoms with E-state index < -0.39 is 0 Å². The highest BCUT2D eigenvalue weighted by molar-refractivity contribution is 7.13. The number of thiazole rings is 1. The van der Waals surface area contributed by atoms with Crippen molar-refractivity contribution in [2.45, 2.75) is 45.7 Å². The maximum Gasteiger partial charge on any atom is 0.188 e. The third kappa shape index (κ3) is 4.51. The average molecular weight is 399 g/mol. The van der Waals surface area contributed by atoms with Gasteiger partial charge in [0, 0.05) is 23.7 Å². The lowest BCUT2D eigenvalue weighted by Crippen LogP contribution is -2.34. The van der Waals surface area contributed by atoms with Crippen LogP contribution in [0.1, 0.15) is 48.2 Å². The Balaban J connectivity index is 1.57. The highest BCUT2D eigenvalue weighted by Crippen LogP contribution is 2.31. The molecule has 0 amide bonds. The summed E-state index contributed by atoms with van der Waals surface area (Å²) < 4.78 is 13.2. The van der Waals surface area contributed by atoms with Crippen molar-refractivity contribution in [2.75, 3.05) is 11.9 Å². The highest BCUT2D eigenvalue weighted by Gasteiger charge is 2.27. The minimum Gasteiger partial charge on any atom is -0.316 e. The van der Waals surface area contributed by atoms with Gasteiger partial charge in [-0.15, -0.1) is 11.3 Å². The summed E-state index contributed by atoms with van der Waals surface area (Å²) in [5, 5.41) is 6.14. The number of rotatable bonds is 5. The van der Waals surface area contributed by atoms with Gasteiger partial charge in [0.2, 0.25) is 0 Å². The fraction of sp³-hybridized carbons (Fsp3) is 0.400. The van der Waals surface area contributed by atoms with Gasteiger partial charge in [-0.3, -0.25) is 9.88 Å². The van der Waals surface area contributed by atoms with Gasteiger partial charge in [0.1, 0.15) is 17.5 Å². The Bertz CT molecular complexity index is 942. The van der Waals surface area contributed by atoms with Crippen molar-refractivity contribution in [3.8, 4) is 0 Å². The fourth-order valence-electron chi connectivity index (χ4n) is 3.51. The summed E-state index contributed by atoms with van der Waals surface area (Å²) in [6.45, 7) is 5.58. The van der Waals surface area contributed by atoms with Crippen molar-refractivity contribution in [2.24, 2.45) is 0 Å². The second-order valence-electron chi connectivity index (χ2n) is 7.12. The molecule has 0 bridgehead atoms. The predicted octanol–water partition coefficient (Wildman–Crippen LogP) is 4.55. The lowest BCUT2D eigenvalue weighted by atomic mass is 10.0. The number of halogens is 1. The zero-order valence-corrected chi connectivity index (χ0v) is 16.8. The maximum atomic E-state index is 13.2. The van der Waals surface area contributed by atoms with Gasteiger partial charge in [0.15, 0.2) is 5.13 Å². The van der Waals surface area contributed by atoms with Gasteiger partial charge in [-0.05, 0) is 45.4 Å². The molecular weight excluding hydrogens is 375 g/mol. The first kappa shape index (κ1) is 18.9. The third-order valence-electron chi connectivity index (χ3n) is 4.79. The molecular formula is C20H23FN6S. The molecule has 1 unspecified atom stereocenters. The van der Waals surface area contributed by atoms with Crippen LogP contribution in [0.3, 0.4) is 0 Å². The second-order valence-corrected chi connectivity index (χ2v) is 7.98. The standard InChI is InChI=1S/C20H23FN6S/c1-13-9-18(26-20-24-14(2)12-28-20)25-19(23-13)17-5-3-4-8-27(17)11-16-7-6-15(21)10-22-16/h6-7,9-10,12,17H,3-5,8,11H2,1-2H3,(H,23,24,25,26). The molecule has 0 saturated carbocycles. The van der Waals surface area contributed by atoms with E-state index in [9.17, 15) is 4.39 Å². The van der Waals surface area contributed by atoms with Crippen molar-refractivity contribution >= 4 is 22.3 Å². The third-order valence-corrected chi connectivity index (χ3v) is 5.67. The van der Waals surface area contributed by atoms with Crippen molar-refractivity contribution in [1.29, 1.82) is 0 Å². The Morgan fingerprint density at radius 3 is 2.82 bits per heavy atom. The Morgan fingerprint density at radius 1 is 1.18 bits per heavy atom. The molecule has 1 fully saturated rings. The van der Waals surface area contributed by atoms with Gasteiger partial charge in [-0.25, -0.2) is 19.3 Å². The number of nitrogens with zero attached hydrogens (tertiary/aromatic N) is 5. The van der Waals surface area contributed by atoms with Crippen LogP contribution in [0.4, 0.5) is 15.3 Å². The van der Waals surface area contributed by atoms with E-state index in [0.717, 1.165) is 59.7 Å². The molecule has 0 spiro atoms. The largest absolute Gasteiger partial charge is 0.316 e. The van der Waals surface area contributed by atoms with Gasteiger partial charge in [0.25, 0.3) is 0 Å². The van der Waals surface area contributed by atoms with E-state index in [2.05, 4.69) is 20.2 Å². The lowest BCUT2D eigenvalue weighted by Gasteiger charge is -2.34. The summed E-state index contributed by atoms with van der Waals surface area (Å²) in [4.78, 5) is 20.5. The molecule has 0 radical (unpaired) electrons. The molecule has 8 heteroatoms. The number of anilines is 2. The Morgan fingerprint density at radius 2 is 2.07 bits per heavy atom. The average Bonchev–Trinajstić information content (AvgIpc) is 3.08. The van der Waals surface area contributed by atoms with Crippen LogP contribution in [0, 0.1) is 19.7 Å². The molecule has 146 valence electrons. The number of aromatic nitrogens is 4. The molecule has 4 rings (SSSR count). The SMILES string of the molecule is Cc1cc(Nc2nc(C)cs2)nc(C2CCCCN2Cc2ccc(F)cn2)n1. The van der Waals surface area contributed by atoms with Crippen molar-refractivity contribution in [3.63, 3.8) is 0 Å². The van der Waals surface area contributed by atoms with Crippen LogP contribution in [0.15, 0.2) is 29.8 Å². The highest BCUT2D eigenvalue weighted by atomic mass is 32.1. The molecule has 0 aliphatic carbocycles. The molecule has 1 N–H and O–H groups in total. The lowest BCUT2D eigenvalue weighted by molar-refractivity contribution is 0.132. The number of nitrogens with one attached hydrogen (secondary N) is 1. The molecule has 3 aromatic heterocycles. The minimum absolute atomic E-state index is 0.124. The van der Waals surface area contributed by atoms with E-state index in [4.69, 9.17) is 9.97 Å². The van der Waals surface area contributed by atoms with Gasteiger partial charge in [-0.2, -0.15) is 0 Å². The first-order valence-corrected chi connectivity index (χ1v) is 10.3. The normalized spacial score (nSPS) is 17.6. The maximum absolute atomic E-state index is 13.2. The number of pyridine rings is 1. The first-order chi connectivity index (χ1) is 13.6. The summed E-state index contributed by atoms with van der Waals surface area (Å²) in [5.74, 6) is 1.27. The van der Waals surface area contributed by atoms with Crippen LogP contribution >= 0.6 is 11.3 Å². The molecule has 1 aliphatic heterocycles. The fourth-order valence-corrected chi connectivity index (χ4v) is 4.20. The molecule has 28 heavy (non-hydrogen) atoms. The second kappa shape index (κ2) is 8.28. The van der Waals surface area contributed by atoms with Gasteiger partial charge < -0.3 is 5.32 Å². The monoisotopic (exact) mass is 398 g/mol. The molecule has 1 saturated heterocycles. The van der Waals surface area contributed by atoms with E-state index in [-0.39, 0.29) is 11.9 Å². The molecule has 3 aromatic rings. The smallest absolute Gasteiger partial charge is 0.188 e. The Kier molecular flexibility index (Phi) is 5.59. The van der Waals surface area contributed by atoms with E-state index in [1.54, 1.807) is 17.4 Å². The van der Waals surface area contributed by atoms with Crippen LogP contribution < -0.4 is 5.32 Å². The molecule has 0 aromatic carbocycles. The number of likely N-dealkylation sites (tertiary alicyclic amines) is 1. The molecule has 4 heterocycles. The number of piperidine rings is 1. The van der Waals surface area contributed by atoms with Crippen LogP contribution in [0.2, 0.25) is 0 Å².